The predicted molar refractivity (Wildman–Crippen MR) is 154 cm³/mol. The van der Waals surface area contributed by atoms with Gasteiger partial charge >= 0.3 is 5.97 Å². The highest BCUT2D eigenvalue weighted by Gasteiger charge is 2.45. The molecular weight excluding hydrogens is 456 g/mol. The van der Waals surface area contributed by atoms with Gasteiger partial charge in [0.2, 0.25) is 0 Å². The highest BCUT2D eigenvalue weighted by molar-refractivity contribution is 5.81. The summed E-state index contributed by atoms with van der Waals surface area (Å²) in [5.41, 5.74) is 6.80. The minimum Gasteiger partial charge on any atom is -0.479 e. The molecule has 0 radical (unpaired) electrons. The van der Waals surface area contributed by atoms with Crippen molar-refractivity contribution in [2.75, 3.05) is 0 Å². The molecular formula is C34H50O3. The number of hydrogen-bond donors (Lipinski definition) is 1. The minimum atomic E-state index is -0.804. The van der Waals surface area contributed by atoms with E-state index >= 15 is 0 Å². The van der Waals surface area contributed by atoms with Crippen LogP contribution in [0.2, 0.25) is 0 Å². The van der Waals surface area contributed by atoms with Gasteiger partial charge in [-0.25, -0.2) is 4.79 Å². The quantitative estimate of drug-likeness (QED) is 0.418. The largest absolute Gasteiger partial charge is 0.479 e. The van der Waals surface area contributed by atoms with Crippen molar-refractivity contribution >= 4 is 11.5 Å². The van der Waals surface area contributed by atoms with Crippen molar-refractivity contribution < 1.29 is 14.6 Å². The minimum absolute atomic E-state index is 0.0166. The first kappa shape index (κ1) is 28.1. The average Bonchev–Trinajstić information content (AvgIpc) is 2.99. The molecule has 0 spiro atoms. The number of fused-ring (bicyclic) bond motifs is 3. The molecule has 37 heavy (non-hydrogen) atoms. The summed E-state index contributed by atoms with van der Waals surface area (Å²) in [6, 6.07) is 4.78. The second kappa shape index (κ2) is 12.3. The topological polar surface area (TPSA) is 46.5 Å². The predicted octanol–water partition coefficient (Wildman–Crippen LogP) is 9.34. The van der Waals surface area contributed by atoms with E-state index in [4.69, 9.17) is 4.74 Å². The first-order chi connectivity index (χ1) is 17.7. The third-order valence-electron chi connectivity index (χ3n) is 9.13. The molecule has 4 rings (SSSR count). The molecule has 3 nitrogen and oxygen atoms in total. The summed E-state index contributed by atoms with van der Waals surface area (Å²) < 4.78 is 6.33. The van der Waals surface area contributed by atoms with Gasteiger partial charge in [-0.1, -0.05) is 82.2 Å². The Morgan fingerprint density at radius 2 is 1.57 bits per heavy atom. The van der Waals surface area contributed by atoms with Crippen molar-refractivity contribution in [2.24, 2.45) is 11.8 Å². The van der Waals surface area contributed by atoms with Gasteiger partial charge in [0.05, 0.1) is 5.60 Å². The van der Waals surface area contributed by atoms with Gasteiger partial charge in [0.15, 0.2) is 6.10 Å². The molecule has 0 aromatic heterocycles. The zero-order valence-electron chi connectivity index (χ0n) is 24.0. The van der Waals surface area contributed by atoms with Crippen molar-refractivity contribution in [3.8, 4) is 0 Å². The van der Waals surface area contributed by atoms with Crippen molar-refractivity contribution in [3.05, 3.63) is 52.6 Å². The van der Waals surface area contributed by atoms with Crippen molar-refractivity contribution in [3.63, 3.8) is 0 Å². The van der Waals surface area contributed by atoms with Crippen LogP contribution in [0.5, 0.6) is 0 Å². The van der Waals surface area contributed by atoms with E-state index < -0.39 is 17.7 Å². The monoisotopic (exact) mass is 506 g/mol. The van der Waals surface area contributed by atoms with Crippen LogP contribution >= 0.6 is 0 Å². The fourth-order valence-corrected chi connectivity index (χ4v) is 7.28. The van der Waals surface area contributed by atoms with Gasteiger partial charge in [-0.2, -0.15) is 0 Å². The molecule has 0 saturated heterocycles. The molecule has 1 N–H and O–H groups in total. The van der Waals surface area contributed by atoms with Gasteiger partial charge in [-0.3, -0.25) is 0 Å². The van der Waals surface area contributed by atoms with Gasteiger partial charge in [-0.15, -0.1) is 0 Å². The van der Waals surface area contributed by atoms with Crippen LogP contribution in [-0.2, 0) is 9.53 Å². The summed E-state index contributed by atoms with van der Waals surface area (Å²) in [4.78, 5) is 12.7. The standard InChI is InChI=1S/C34H50O3/c1-6-7-13-17-28-26-20-21-27(26)29-22-19-24(23(2)31(28)29)25-16-14-11-9-8-10-12-15-18-30(25)32(33(35)36)37-34(3,4)5/h7,13,17,19,22,25-27,30,32H,6,8-12,14-16,18,20-21H2,1-5H3,(H,35,36). The van der Waals surface area contributed by atoms with Gasteiger partial charge in [0, 0.05) is 5.92 Å². The fourth-order valence-electron chi connectivity index (χ4n) is 7.28. The molecule has 3 aliphatic carbocycles. The number of carboxylic acid groups (broad SMARTS) is 1. The SMILES string of the molecule is CCC=CC=C1c2c(ccc(C3CCCCCCCCCC3C(OC(C)(C)C)C(=O)O)c2C)C2CCC12. The number of carboxylic acids is 1. The lowest BCUT2D eigenvalue weighted by Gasteiger charge is -2.36. The molecule has 2 saturated carbocycles. The van der Waals surface area contributed by atoms with Crippen molar-refractivity contribution in [1.82, 2.24) is 0 Å². The summed E-state index contributed by atoms with van der Waals surface area (Å²) in [7, 11) is 0. The van der Waals surface area contributed by atoms with Crippen LogP contribution in [0.1, 0.15) is 139 Å². The number of carbonyl (C=O) groups is 1. The number of hydrogen-bond acceptors (Lipinski definition) is 2. The third-order valence-corrected chi connectivity index (χ3v) is 9.13. The maximum absolute atomic E-state index is 12.7. The molecule has 3 heteroatoms. The van der Waals surface area contributed by atoms with Gasteiger partial charge in [-0.05, 0) is 105 Å². The van der Waals surface area contributed by atoms with Crippen LogP contribution in [-0.4, -0.2) is 22.8 Å². The summed E-state index contributed by atoms with van der Waals surface area (Å²) in [5.74, 6) is 0.713. The number of benzene rings is 1. The first-order valence-electron chi connectivity index (χ1n) is 15.1. The molecule has 0 aliphatic heterocycles. The fraction of sp³-hybridized carbons (Fsp3) is 0.676. The van der Waals surface area contributed by atoms with Crippen LogP contribution in [0.15, 0.2) is 30.4 Å². The van der Waals surface area contributed by atoms with E-state index in [1.54, 1.807) is 0 Å². The number of aliphatic carboxylic acids is 1. The zero-order valence-corrected chi connectivity index (χ0v) is 24.0. The molecule has 2 fully saturated rings. The number of allylic oxidation sites excluding steroid dienone is 4. The highest BCUT2D eigenvalue weighted by Crippen LogP contribution is 2.59. The molecule has 0 bridgehead atoms. The third kappa shape index (κ3) is 6.41. The van der Waals surface area contributed by atoms with Crippen LogP contribution in [0, 0.1) is 18.8 Å². The first-order valence-corrected chi connectivity index (χ1v) is 15.1. The molecule has 204 valence electrons. The van der Waals surface area contributed by atoms with E-state index in [1.807, 2.05) is 20.8 Å². The van der Waals surface area contributed by atoms with E-state index in [9.17, 15) is 9.90 Å². The van der Waals surface area contributed by atoms with Crippen LogP contribution in [0.25, 0.3) is 5.57 Å². The zero-order chi connectivity index (χ0) is 26.6. The number of ether oxygens (including phenoxy) is 1. The van der Waals surface area contributed by atoms with Gasteiger partial charge in [0.1, 0.15) is 0 Å². The summed E-state index contributed by atoms with van der Waals surface area (Å²) in [5, 5.41) is 10.4. The molecule has 1 aromatic rings. The summed E-state index contributed by atoms with van der Waals surface area (Å²) >= 11 is 0. The van der Waals surface area contributed by atoms with E-state index in [2.05, 4.69) is 44.2 Å². The maximum Gasteiger partial charge on any atom is 0.333 e. The van der Waals surface area contributed by atoms with Crippen LogP contribution in [0.4, 0.5) is 0 Å². The maximum atomic E-state index is 12.7. The lowest BCUT2D eigenvalue weighted by atomic mass is 9.72. The van der Waals surface area contributed by atoms with Crippen molar-refractivity contribution in [2.45, 2.75) is 135 Å². The Balaban J connectivity index is 1.79. The van der Waals surface area contributed by atoms with E-state index in [0.29, 0.717) is 11.8 Å². The molecule has 5 unspecified atom stereocenters. The molecule has 0 amide bonds. The summed E-state index contributed by atoms with van der Waals surface area (Å²) in [6.45, 7) is 10.5. The van der Waals surface area contributed by atoms with Crippen LogP contribution < -0.4 is 0 Å². The van der Waals surface area contributed by atoms with E-state index in [1.165, 1.54) is 72.8 Å². The average molecular weight is 507 g/mol. The summed E-state index contributed by atoms with van der Waals surface area (Å²) in [6.07, 6.45) is 20.2. The molecule has 1 aromatic carbocycles. The number of rotatable bonds is 6. The Bertz CT molecular complexity index is 995. The van der Waals surface area contributed by atoms with Gasteiger partial charge in [0.25, 0.3) is 0 Å². The Morgan fingerprint density at radius 3 is 2.16 bits per heavy atom. The Kier molecular flexibility index (Phi) is 9.38. The molecule has 5 atom stereocenters. The smallest absolute Gasteiger partial charge is 0.333 e. The second-order valence-electron chi connectivity index (χ2n) is 12.8. The lowest BCUT2D eigenvalue weighted by molar-refractivity contribution is -0.167. The Labute approximate surface area is 225 Å². The Hall–Kier alpha value is -1.87. The normalized spacial score (nSPS) is 28.8. The van der Waals surface area contributed by atoms with Crippen LogP contribution in [0.3, 0.4) is 0 Å². The van der Waals surface area contributed by atoms with Crippen molar-refractivity contribution in [1.29, 1.82) is 0 Å². The second-order valence-corrected chi connectivity index (χ2v) is 12.8. The van der Waals surface area contributed by atoms with Gasteiger partial charge < -0.3 is 9.84 Å². The van der Waals surface area contributed by atoms with E-state index in [0.717, 1.165) is 32.1 Å². The molecule has 0 heterocycles. The Morgan fingerprint density at radius 1 is 0.946 bits per heavy atom. The lowest BCUT2D eigenvalue weighted by Crippen LogP contribution is -2.41. The molecule has 3 aliphatic rings. The van der Waals surface area contributed by atoms with E-state index in [-0.39, 0.29) is 11.8 Å². The highest BCUT2D eigenvalue weighted by atomic mass is 16.5.